The summed E-state index contributed by atoms with van der Waals surface area (Å²) in [7, 11) is 0. The van der Waals surface area contributed by atoms with Crippen LogP contribution in [-0.4, -0.2) is 23.0 Å². The second-order valence-corrected chi connectivity index (χ2v) is 2.29. The predicted molar refractivity (Wildman–Crippen MR) is 53.2 cm³/mol. The maximum atomic E-state index is 10.4. The van der Waals surface area contributed by atoms with Crippen molar-refractivity contribution in [3.05, 3.63) is 0 Å². The summed E-state index contributed by atoms with van der Waals surface area (Å²) in [5.41, 5.74) is 10.2. The molecular formula is C7H16ClN3O2. The molecule has 0 radical (unpaired) electrons. The Hall–Kier alpha value is -0.810. The van der Waals surface area contributed by atoms with Crippen molar-refractivity contribution in [3.8, 4) is 0 Å². The van der Waals surface area contributed by atoms with Gasteiger partial charge in [0.1, 0.15) is 6.04 Å². The van der Waals surface area contributed by atoms with Crippen molar-refractivity contribution in [1.29, 1.82) is 5.41 Å². The lowest BCUT2D eigenvalue weighted by Gasteiger charge is -2.04. The van der Waals surface area contributed by atoms with E-state index in [2.05, 4.69) is 0 Å². The highest BCUT2D eigenvalue weighted by Gasteiger charge is 2.09. The summed E-state index contributed by atoms with van der Waals surface area (Å²) in [5, 5.41) is 15.4. The van der Waals surface area contributed by atoms with E-state index in [9.17, 15) is 4.79 Å². The van der Waals surface area contributed by atoms with E-state index in [1.165, 1.54) is 0 Å². The summed E-state index contributed by atoms with van der Waals surface area (Å²) >= 11 is 0. The van der Waals surface area contributed by atoms with Crippen LogP contribution >= 0.6 is 12.4 Å². The molecule has 0 aliphatic heterocycles. The van der Waals surface area contributed by atoms with Crippen molar-refractivity contribution in [1.82, 2.24) is 0 Å². The van der Waals surface area contributed by atoms with Crippen LogP contribution in [0.4, 0.5) is 0 Å². The van der Waals surface area contributed by atoms with Gasteiger partial charge in [0, 0.05) is 10.5 Å². The molecule has 0 aromatic rings. The molecule has 0 aliphatic rings. The standard InChI is InChI=1S/C7H15N3O2.ClH/c8-5(7(11)12)3-1-2-4-6(9)10;/h5H,1-4,8H2,(H3,9,10)(H,11,12);1H/t5-;/m0./s1/i2D2,4D;/t4?,5-;. The number of nitrogens with two attached hydrogens (primary N) is 2. The SMILES string of the molecule is Cl.[2H]C(C(=N)N)C([2H])([2H])CC[C@H](N)C(=O)O. The van der Waals surface area contributed by atoms with Crippen LogP contribution in [0.3, 0.4) is 0 Å². The van der Waals surface area contributed by atoms with Gasteiger partial charge in [-0.3, -0.25) is 10.2 Å². The molecule has 1 unspecified atom stereocenters. The molecule has 0 amide bonds. The van der Waals surface area contributed by atoms with Gasteiger partial charge in [0.2, 0.25) is 0 Å². The number of carboxylic acids is 1. The van der Waals surface area contributed by atoms with Gasteiger partial charge in [0.15, 0.2) is 0 Å². The highest BCUT2D eigenvalue weighted by atomic mass is 35.5. The first-order valence-electron chi connectivity index (χ1n) is 5.00. The number of halogens is 1. The molecule has 6 N–H and O–H groups in total. The van der Waals surface area contributed by atoms with Crippen LogP contribution in [0.5, 0.6) is 0 Å². The van der Waals surface area contributed by atoms with E-state index in [1.807, 2.05) is 0 Å². The lowest BCUT2D eigenvalue weighted by Crippen LogP contribution is -2.29. The minimum atomic E-state index is -2.03. The van der Waals surface area contributed by atoms with Crippen LogP contribution in [0.1, 0.15) is 29.7 Å². The molecule has 0 fully saturated rings. The van der Waals surface area contributed by atoms with Crippen LogP contribution in [0.2, 0.25) is 0 Å². The average molecular weight is 213 g/mol. The van der Waals surface area contributed by atoms with E-state index in [-0.39, 0.29) is 25.2 Å². The molecular weight excluding hydrogens is 194 g/mol. The monoisotopic (exact) mass is 212 g/mol. The molecule has 0 saturated carbocycles. The molecule has 0 rings (SSSR count). The number of hydrogen-bond acceptors (Lipinski definition) is 3. The minimum Gasteiger partial charge on any atom is -0.480 e. The van der Waals surface area contributed by atoms with Crippen molar-refractivity contribution in [2.45, 2.75) is 31.7 Å². The second kappa shape index (κ2) is 7.82. The summed E-state index contributed by atoms with van der Waals surface area (Å²) < 4.78 is 22.1. The minimum absolute atomic E-state index is 0. The van der Waals surface area contributed by atoms with Crippen LogP contribution < -0.4 is 11.5 Å². The van der Waals surface area contributed by atoms with Crippen LogP contribution in [0, 0.1) is 5.41 Å². The van der Waals surface area contributed by atoms with Crippen LogP contribution in [0.15, 0.2) is 0 Å². The highest BCUT2D eigenvalue weighted by Crippen LogP contribution is 2.01. The van der Waals surface area contributed by atoms with Gasteiger partial charge < -0.3 is 16.6 Å². The van der Waals surface area contributed by atoms with Crippen LogP contribution in [-0.2, 0) is 4.79 Å². The third kappa shape index (κ3) is 9.10. The van der Waals surface area contributed by atoms with E-state index < -0.39 is 30.6 Å². The maximum absolute atomic E-state index is 10.4. The second-order valence-electron chi connectivity index (χ2n) is 2.29. The summed E-state index contributed by atoms with van der Waals surface area (Å²) in [4.78, 5) is 10.4. The zero-order chi connectivity index (χ0) is 12.2. The fourth-order valence-electron chi connectivity index (χ4n) is 0.544. The number of nitrogens with one attached hydrogen (secondary N) is 1. The van der Waals surface area contributed by atoms with Gasteiger partial charge in [-0.1, -0.05) is 6.42 Å². The Bertz CT molecular complexity index is 265. The van der Waals surface area contributed by atoms with Gasteiger partial charge in [-0.05, 0) is 12.8 Å². The maximum Gasteiger partial charge on any atom is 0.320 e. The average Bonchev–Trinajstić information content (AvgIpc) is 2.12. The third-order valence-corrected chi connectivity index (χ3v) is 1.17. The first kappa shape index (κ1) is 8.77. The molecule has 13 heavy (non-hydrogen) atoms. The van der Waals surface area contributed by atoms with E-state index in [0.29, 0.717) is 0 Å². The lowest BCUT2D eigenvalue weighted by molar-refractivity contribution is -0.138. The molecule has 78 valence electrons. The topological polar surface area (TPSA) is 113 Å². The zero-order valence-electron chi connectivity index (χ0n) is 9.99. The Morgan fingerprint density at radius 3 is 2.62 bits per heavy atom. The Kier molecular flexibility index (Phi) is 5.28. The molecule has 6 heteroatoms. The molecule has 0 spiro atoms. The number of rotatable bonds is 6. The van der Waals surface area contributed by atoms with Crippen LogP contribution in [0.25, 0.3) is 0 Å². The third-order valence-electron chi connectivity index (χ3n) is 1.17. The quantitative estimate of drug-likeness (QED) is 0.375. The number of hydrogen-bond donors (Lipinski definition) is 4. The summed E-state index contributed by atoms with van der Waals surface area (Å²) in [6.07, 6.45) is -3.82. The van der Waals surface area contributed by atoms with E-state index in [1.54, 1.807) is 0 Å². The van der Waals surface area contributed by atoms with Gasteiger partial charge in [0.25, 0.3) is 0 Å². The van der Waals surface area contributed by atoms with Gasteiger partial charge >= 0.3 is 5.97 Å². The molecule has 0 heterocycles. The number of carboxylic acid groups (broad SMARTS) is 1. The molecule has 5 nitrogen and oxygen atoms in total. The normalized spacial score (nSPS) is 18.4. The van der Waals surface area contributed by atoms with E-state index in [0.717, 1.165) is 0 Å². The Labute approximate surface area is 87.6 Å². The number of carbonyl (C=O) groups is 1. The van der Waals surface area contributed by atoms with Gasteiger partial charge in [0.05, 0.1) is 5.84 Å². The number of amidine groups is 1. The van der Waals surface area contributed by atoms with Crippen molar-refractivity contribution in [2.75, 3.05) is 0 Å². The molecule has 0 aromatic carbocycles. The molecule has 0 aliphatic carbocycles. The molecule has 0 saturated heterocycles. The van der Waals surface area contributed by atoms with Crippen molar-refractivity contribution in [3.63, 3.8) is 0 Å². The molecule has 2 atom stereocenters. The lowest BCUT2D eigenvalue weighted by atomic mass is 10.1. The molecule has 0 bridgehead atoms. The van der Waals surface area contributed by atoms with E-state index >= 15 is 0 Å². The largest absolute Gasteiger partial charge is 0.480 e. The summed E-state index contributed by atoms with van der Waals surface area (Å²) in [5.74, 6) is -1.79. The Balaban J connectivity index is 0. The fraction of sp³-hybridized carbons (Fsp3) is 0.714. The van der Waals surface area contributed by atoms with E-state index in [4.69, 9.17) is 26.1 Å². The summed E-state index contributed by atoms with van der Waals surface area (Å²) in [6, 6.07) is -1.15. The van der Waals surface area contributed by atoms with Crippen molar-refractivity contribution < 1.29 is 14.0 Å². The molecule has 0 aromatic heterocycles. The van der Waals surface area contributed by atoms with Gasteiger partial charge in [-0.25, -0.2) is 0 Å². The highest BCUT2D eigenvalue weighted by molar-refractivity contribution is 5.85. The first-order valence-corrected chi connectivity index (χ1v) is 3.43. The zero-order valence-corrected chi connectivity index (χ0v) is 7.80. The summed E-state index contributed by atoms with van der Waals surface area (Å²) in [6.45, 7) is 0. The number of aliphatic carboxylic acids is 1. The smallest absolute Gasteiger partial charge is 0.320 e. The Morgan fingerprint density at radius 2 is 2.23 bits per heavy atom. The van der Waals surface area contributed by atoms with Crippen molar-refractivity contribution >= 4 is 24.2 Å². The van der Waals surface area contributed by atoms with Crippen molar-refractivity contribution in [2.24, 2.45) is 11.5 Å². The van der Waals surface area contributed by atoms with Gasteiger partial charge in [-0.2, -0.15) is 0 Å². The fourth-order valence-corrected chi connectivity index (χ4v) is 0.544. The first-order chi connectivity index (χ1) is 6.68. The Morgan fingerprint density at radius 1 is 1.69 bits per heavy atom. The predicted octanol–water partition coefficient (Wildman–Crippen LogP) is 0.316. The van der Waals surface area contributed by atoms with Gasteiger partial charge in [-0.15, -0.1) is 12.4 Å².